The summed E-state index contributed by atoms with van der Waals surface area (Å²) < 4.78 is 64.3. The van der Waals surface area contributed by atoms with Crippen LogP contribution < -0.4 is 9.47 Å². The third-order valence-electron chi connectivity index (χ3n) is 5.67. The molecule has 0 N–H and O–H groups in total. The fourth-order valence-corrected chi connectivity index (χ4v) is 7.00. The van der Waals surface area contributed by atoms with Gasteiger partial charge in [0.2, 0.25) is 10.0 Å². The second kappa shape index (κ2) is 9.54. The number of benzene rings is 3. The van der Waals surface area contributed by atoms with E-state index in [1.165, 1.54) is 35.7 Å². The average Bonchev–Trinajstić information content (AvgIpc) is 2.85. The molecular formula is C24H25NO6S2. The predicted octanol–water partition coefficient (Wildman–Crippen LogP) is 4.11. The van der Waals surface area contributed by atoms with Crippen molar-refractivity contribution in [3.8, 4) is 17.2 Å². The van der Waals surface area contributed by atoms with Gasteiger partial charge in [0.05, 0.1) is 22.2 Å². The van der Waals surface area contributed by atoms with Crippen molar-refractivity contribution in [2.75, 3.05) is 20.2 Å². The number of sulfonamides is 1. The monoisotopic (exact) mass is 487 g/mol. The summed E-state index contributed by atoms with van der Waals surface area (Å²) in [6.07, 6.45) is 0.478. The van der Waals surface area contributed by atoms with Gasteiger partial charge in [0.15, 0.2) is 9.84 Å². The predicted molar refractivity (Wildman–Crippen MR) is 125 cm³/mol. The number of hydrogen-bond donors (Lipinski definition) is 0. The Balaban J connectivity index is 1.42. The first-order chi connectivity index (χ1) is 15.8. The molecule has 1 fully saturated rings. The lowest BCUT2D eigenvalue weighted by molar-refractivity contribution is 0.345. The molecule has 0 bridgehead atoms. The van der Waals surface area contributed by atoms with Crippen LogP contribution in [0.1, 0.15) is 12.8 Å². The molecule has 0 amide bonds. The minimum Gasteiger partial charge on any atom is -0.497 e. The van der Waals surface area contributed by atoms with Gasteiger partial charge in [-0.1, -0.05) is 18.2 Å². The van der Waals surface area contributed by atoms with Gasteiger partial charge in [0, 0.05) is 13.1 Å². The Morgan fingerprint density at radius 1 is 0.697 bits per heavy atom. The van der Waals surface area contributed by atoms with Crippen molar-refractivity contribution in [1.82, 2.24) is 4.31 Å². The molecule has 3 aromatic carbocycles. The summed E-state index contributed by atoms with van der Waals surface area (Å²) >= 11 is 0. The van der Waals surface area contributed by atoms with Crippen LogP contribution in [-0.2, 0) is 19.9 Å². The molecule has 0 aliphatic carbocycles. The van der Waals surface area contributed by atoms with Crippen LogP contribution in [0.2, 0.25) is 0 Å². The molecule has 174 valence electrons. The summed E-state index contributed by atoms with van der Waals surface area (Å²) in [5, 5.41) is -0.626. The lowest BCUT2D eigenvalue weighted by Gasteiger charge is -2.31. The van der Waals surface area contributed by atoms with Crippen molar-refractivity contribution < 1.29 is 26.3 Å². The van der Waals surface area contributed by atoms with Crippen LogP contribution in [0.3, 0.4) is 0 Å². The topological polar surface area (TPSA) is 90.0 Å². The molecule has 1 aliphatic rings. The van der Waals surface area contributed by atoms with E-state index >= 15 is 0 Å². The van der Waals surface area contributed by atoms with Crippen LogP contribution in [0.15, 0.2) is 88.7 Å². The molecule has 7 nitrogen and oxygen atoms in total. The summed E-state index contributed by atoms with van der Waals surface area (Å²) in [5.74, 6) is 1.77. The van der Waals surface area contributed by atoms with Crippen LogP contribution in [-0.4, -0.2) is 46.6 Å². The van der Waals surface area contributed by atoms with Crippen molar-refractivity contribution >= 4 is 19.9 Å². The Morgan fingerprint density at radius 2 is 1.21 bits per heavy atom. The fraction of sp³-hybridized carbons (Fsp3) is 0.250. The maximum absolute atomic E-state index is 13.1. The molecule has 9 heteroatoms. The van der Waals surface area contributed by atoms with Crippen molar-refractivity contribution in [1.29, 1.82) is 0 Å². The zero-order valence-corrected chi connectivity index (χ0v) is 19.8. The highest BCUT2D eigenvalue weighted by atomic mass is 32.2. The third kappa shape index (κ3) is 5.05. The number of para-hydroxylation sites is 1. The lowest BCUT2D eigenvalue weighted by atomic mass is 10.2. The number of piperidine rings is 1. The van der Waals surface area contributed by atoms with Gasteiger partial charge in [-0.25, -0.2) is 16.8 Å². The zero-order valence-electron chi connectivity index (χ0n) is 18.1. The van der Waals surface area contributed by atoms with Crippen LogP contribution >= 0.6 is 0 Å². The highest BCUT2D eigenvalue weighted by molar-refractivity contribution is 7.92. The number of rotatable bonds is 7. The first-order valence-electron chi connectivity index (χ1n) is 10.5. The summed E-state index contributed by atoms with van der Waals surface area (Å²) in [5.41, 5.74) is 0. The van der Waals surface area contributed by atoms with E-state index in [1.54, 1.807) is 24.3 Å². The van der Waals surface area contributed by atoms with Crippen molar-refractivity contribution in [2.45, 2.75) is 27.9 Å². The summed E-state index contributed by atoms with van der Waals surface area (Å²) in [7, 11) is -5.76. The van der Waals surface area contributed by atoms with Crippen molar-refractivity contribution in [3.63, 3.8) is 0 Å². The Kier molecular flexibility index (Phi) is 6.73. The van der Waals surface area contributed by atoms with E-state index < -0.39 is 25.1 Å². The molecule has 0 radical (unpaired) electrons. The maximum Gasteiger partial charge on any atom is 0.243 e. The Hall–Kier alpha value is -2.88. The van der Waals surface area contributed by atoms with Crippen LogP contribution in [0.4, 0.5) is 0 Å². The molecule has 1 heterocycles. The average molecular weight is 488 g/mol. The lowest BCUT2D eigenvalue weighted by Crippen LogP contribution is -2.42. The number of ether oxygens (including phenoxy) is 2. The smallest absolute Gasteiger partial charge is 0.243 e. The molecule has 1 saturated heterocycles. The van der Waals surface area contributed by atoms with Gasteiger partial charge < -0.3 is 9.47 Å². The van der Waals surface area contributed by atoms with E-state index in [-0.39, 0.29) is 35.7 Å². The summed E-state index contributed by atoms with van der Waals surface area (Å²) in [6, 6.07) is 21.7. The van der Waals surface area contributed by atoms with Gasteiger partial charge in [0.25, 0.3) is 0 Å². The van der Waals surface area contributed by atoms with E-state index in [1.807, 2.05) is 30.3 Å². The van der Waals surface area contributed by atoms with Gasteiger partial charge in [-0.3, -0.25) is 0 Å². The second-order valence-corrected chi connectivity index (χ2v) is 11.9. The minimum absolute atomic E-state index is 0.144. The molecule has 1 aliphatic heterocycles. The first kappa shape index (κ1) is 23.3. The van der Waals surface area contributed by atoms with Gasteiger partial charge >= 0.3 is 0 Å². The number of sulfone groups is 1. The number of nitrogens with zero attached hydrogens (tertiary/aromatic N) is 1. The molecule has 0 atom stereocenters. The minimum atomic E-state index is -3.73. The second-order valence-electron chi connectivity index (χ2n) is 7.71. The van der Waals surface area contributed by atoms with Crippen molar-refractivity contribution in [3.05, 3.63) is 78.9 Å². The third-order valence-corrected chi connectivity index (χ3v) is 9.86. The molecule has 0 saturated carbocycles. The van der Waals surface area contributed by atoms with Crippen molar-refractivity contribution in [2.24, 2.45) is 0 Å². The Bertz CT molecular complexity index is 1280. The number of methoxy groups -OCH3 is 1. The maximum atomic E-state index is 13.1. The van der Waals surface area contributed by atoms with E-state index in [4.69, 9.17) is 9.47 Å². The SMILES string of the molecule is COc1ccc(S(=O)(=O)C2CCN(S(=O)(=O)c3ccc(Oc4ccccc4)cc3)CC2)cc1. The molecular weight excluding hydrogens is 462 g/mol. The Labute approximate surface area is 194 Å². The molecule has 3 aromatic rings. The highest BCUT2D eigenvalue weighted by Crippen LogP contribution is 2.29. The quantitative estimate of drug-likeness (QED) is 0.498. The zero-order chi connectivity index (χ0) is 23.5. The normalized spacial score (nSPS) is 15.8. The summed E-state index contributed by atoms with van der Waals surface area (Å²) in [6.45, 7) is 0.287. The van der Waals surface area contributed by atoms with E-state index in [0.29, 0.717) is 17.2 Å². The van der Waals surface area contributed by atoms with Gasteiger partial charge in [-0.15, -0.1) is 0 Å². The number of hydrogen-bond acceptors (Lipinski definition) is 6. The van der Waals surface area contributed by atoms with E-state index in [9.17, 15) is 16.8 Å². The highest BCUT2D eigenvalue weighted by Gasteiger charge is 2.35. The molecule has 4 rings (SSSR count). The van der Waals surface area contributed by atoms with Crippen LogP contribution in [0.5, 0.6) is 17.2 Å². The van der Waals surface area contributed by atoms with Gasteiger partial charge in [-0.05, 0) is 73.5 Å². The van der Waals surface area contributed by atoms with Gasteiger partial charge in [0.1, 0.15) is 17.2 Å². The van der Waals surface area contributed by atoms with E-state index in [0.717, 1.165) is 0 Å². The largest absolute Gasteiger partial charge is 0.497 e. The summed E-state index contributed by atoms with van der Waals surface area (Å²) in [4.78, 5) is 0.373. The fourth-order valence-electron chi connectivity index (χ4n) is 3.79. The van der Waals surface area contributed by atoms with Crippen LogP contribution in [0, 0.1) is 0 Å². The Morgan fingerprint density at radius 3 is 1.79 bits per heavy atom. The molecule has 0 aromatic heterocycles. The molecule has 33 heavy (non-hydrogen) atoms. The van der Waals surface area contributed by atoms with Gasteiger partial charge in [-0.2, -0.15) is 4.31 Å². The standard InChI is InChI=1S/C24H25NO6S2/c1-30-19-7-11-22(12-8-19)32(26,27)23-15-17-25(18-16-23)33(28,29)24-13-9-21(10-14-24)31-20-5-3-2-4-6-20/h2-14,23H,15-18H2,1H3. The van der Waals surface area contributed by atoms with E-state index in [2.05, 4.69) is 0 Å². The molecule has 0 unspecified atom stereocenters. The van der Waals surface area contributed by atoms with Crippen LogP contribution in [0.25, 0.3) is 0 Å². The molecule has 0 spiro atoms. The first-order valence-corrected chi connectivity index (χ1v) is 13.5.